The van der Waals surface area contributed by atoms with Crippen molar-refractivity contribution in [1.82, 2.24) is 4.57 Å². The minimum atomic E-state index is -1.16. The number of hydrogen-bond donors (Lipinski definition) is 1. The quantitative estimate of drug-likeness (QED) is 0.944. The molecule has 1 saturated carbocycles. The molecule has 1 atom stereocenters. The van der Waals surface area contributed by atoms with Crippen molar-refractivity contribution in [2.45, 2.75) is 38.1 Å². The lowest BCUT2D eigenvalue weighted by molar-refractivity contribution is 0.0694. The van der Waals surface area contributed by atoms with Crippen LogP contribution in [0.2, 0.25) is 0 Å². The summed E-state index contributed by atoms with van der Waals surface area (Å²) >= 11 is 0. The highest BCUT2D eigenvalue weighted by molar-refractivity contribution is 5.87. The summed E-state index contributed by atoms with van der Waals surface area (Å²) in [7, 11) is 0. The molecule has 1 aromatic heterocycles. The van der Waals surface area contributed by atoms with Gasteiger partial charge >= 0.3 is 5.97 Å². The zero-order valence-electron chi connectivity index (χ0n) is 12.9. The highest BCUT2D eigenvalue weighted by atomic mass is 16.4. The third kappa shape index (κ3) is 2.48. The van der Waals surface area contributed by atoms with E-state index in [9.17, 15) is 9.59 Å². The topological polar surface area (TPSA) is 59.3 Å². The average Bonchev–Trinajstić information content (AvgIpc) is 3.24. The first kappa shape index (κ1) is 14.2. The van der Waals surface area contributed by atoms with Crippen molar-refractivity contribution in [2.75, 3.05) is 0 Å². The molecule has 0 amide bonds. The zero-order chi connectivity index (χ0) is 16.0. The fraction of sp³-hybridized carbons (Fsp3) is 0.368. The number of aromatic carboxylic acids is 1. The highest BCUT2D eigenvalue weighted by Gasteiger charge is 2.29. The van der Waals surface area contributed by atoms with Crippen LogP contribution in [-0.4, -0.2) is 15.6 Å². The second-order valence-electron chi connectivity index (χ2n) is 6.63. The van der Waals surface area contributed by atoms with Crippen molar-refractivity contribution in [3.63, 3.8) is 0 Å². The Morgan fingerprint density at radius 1 is 1.17 bits per heavy atom. The van der Waals surface area contributed by atoms with Crippen molar-refractivity contribution < 1.29 is 9.90 Å². The fourth-order valence-corrected chi connectivity index (χ4v) is 3.74. The largest absolute Gasteiger partial charge is 0.477 e. The first-order valence-corrected chi connectivity index (χ1v) is 8.20. The number of hydrogen-bond acceptors (Lipinski definition) is 2. The number of benzene rings is 1. The lowest BCUT2D eigenvalue weighted by Gasteiger charge is -2.16. The van der Waals surface area contributed by atoms with E-state index in [4.69, 9.17) is 5.11 Å². The number of carboxylic acids is 1. The lowest BCUT2D eigenvalue weighted by Crippen LogP contribution is -2.28. The molecule has 0 saturated heterocycles. The van der Waals surface area contributed by atoms with Crippen LogP contribution in [0.25, 0.3) is 0 Å². The van der Waals surface area contributed by atoms with Crippen molar-refractivity contribution in [3.05, 3.63) is 69.1 Å². The lowest BCUT2D eigenvalue weighted by atomic mass is 9.98. The molecule has 23 heavy (non-hydrogen) atoms. The summed E-state index contributed by atoms with van der Waals surface area (Å²) < 4.78 is 1.59. The van der Waals surface area contributed by atoms with Gasteiger partial charge in [-0.1, -0.05) is 18.2 Å². The zero-order valence-corrected chi connectivity index (χ0v) is 12.9. The van der Waals surface area contributed by atoms with E-state index in [0.29, 0.717) is 0 Å². The summed E-state index contributed by atoms with van der Waals surface area (Å²) in [6, 6.07) is 9.34. The summed E-state index contributed by atoms with van der Waals surface area (Å²) in [5, 5.41) is 9.17. The van der Waals surface area contributed by atoms with Gasteiger partial charge in [-0.25, -0.2) is 4.79 Å². The number of carbonyl (C=O) groups is 1. The number of nitrogens with zero attached hydrogens (tertiary/aromatic N) is 1. The minimum absolute atomic E-state index is 0.0454. The van der Waals surface area contributed by atoms with Crippen LogP contribution >= 0.6 is 0 Å². The second-order valence-corrected chi connectivity index (χ2v) is 6.63. The number of rotatable bonds is 4. The third-order valence-corrected chi connectivity index (χ3v) is 5.08. The molecule has 4 nitrogen and oxygen atoms in total. The first-order valence-electron chi connectivity index (χ1n) is 8.20. The Morgan fingerprint density at radius 2 is 2.00 bits per heavy atom. The normalized spacial score (nSPS) is 19.6. The van der Waals surface area contributed by atoms with E-state index in [1.807, 2.05) is 0 Å². The van der Waals surface area contributed by atoms with Gasteiger partial charge in [0.25, 0.3) is 5.56 Å². The highest BCUT2D eigenvalue weighted by Crippen LogP contribution is 2.39. The van der Waals surface area contributed by atoms with E-state index in [2.05, 4.69) is 18.2 Å². The fourth-order valence-electron chi connectivity index (χ4n) is 3.74. The monoisotopic (exact) mass is 309 g/mol. The SMILES string of the molecule is O=C(O)c1cccn(C2CCc3c(CC4CC4)cccc32)c1=O. The average molecular weight is 309 g/mol. The summed E-state index contributed by atoms with van der Waals surface area (Å²) in [6.07, 6.45) is 7.33. The molecular weight excluding hydrogens is 290 g/mol. The molecule has 1 fully saturated rings. The molecule has 1 aromatic carbocycles. The molecule has 4 heteroatoms. The standard InChI is InChI=1S/C19H19NO3/c21-18-16(19(22)23)5-2-10-20(18)17-9-8-14-13(11-12-6-7-12)3-1-4-15(14)17/h1-5,10,12,17H,6-9,11H2,(H,22,23). The maximum atomic E-state index is 12.5. The predicted molar refractivity (Wildman–Crippen MR) is 87.0 cm³/mol. The molecule has 4 rings (SSSR count). The maximum Gasteiger partial charge on any atom is 0.341 e. The summed E-state index contributed by atoms with van der Waals surface area (Å²) in [5.74, 6) is -0.330. The Labute approximate surface area is 134 Å². The van der Waals surface area contributed by atoms with Crippen molar-refractivity contribution in [2.24, 2.45) is 5.92 Å². The van der Waals surface area contributed by atoms with Crippen molar-refractivity contribution in [3.8, 4) is 0 Å². The van der Waals surface area contributed by atoms with Gasteiger partial charge in [0, 0.05) is 6.20 Å². The van der Waals surface area contributed by atoms with Crippen LogP contribution in [0.3, 0.4) is 0 Å². The second kappa shape index (κ2) is 5.37. The van der Waals surface area contributed by atoms with Crippen LogP contribution < -0.4 is 5.56 Å². The third-order valence-electron chi connectivity index (χ3n) is 5.08. The number of carboxylic acid groups (broad SMARTS) is 1. The molecule has 1 unspecified atom stereocenters. The van der Waals surface area contributed by atoms with Gasteiger partial charge in [0.05, 0.1) is 6.04 Å². The van der Waals surface area contributed by atoms with Crippen LogP contribution in [0.15, 0.2) is 41.3 Å². The summed E-state index contributed by atoms with van der Waals surface area (Å²) in [4.78, 5) is 23.7. The Morgan fingerprint density at radius 3 is 2.74 bits per heavy atom. The molecule has 2 aromatic rings. The molecule has 1 heterocycles. The number of aromatic nitrogens is 1. The molecule has 1 N–H and O–H groups in total. The van der Waals surface area contributed by atoms with Gasteiger partial charge < -0.3 is 9.67 Å². The van der Waals surface area contributed by atoms with Gasteiger partial charge in [0.2, 0.25) is 0 Å². The molecule has 0 bridgehead atoms. The maximum absolute atomic E-state index is 12.5. The summed E-state index contributed by atoms with van der Waals surface area (Å²) in [5.41, 5.74) is 3.40. The van der Waals surface area contributed by atoms with Crippen LogP contribution in [0.5, 0.6) is 0 Å². The van der Waals surface area contributed by atoms with Gasteiger partial charge in [-0.15, -0.1) is 0 Å². The van der Waals surface area contributed by atoms with Crippen LogP contribution in [0, 0.1) is 5.92 Å². The molecule has 0 radical (unpaired) electrons. The molecular formula is C19H19NO3. The van der Waals surface area contributed by atoms with Gasteiger partial charge in [-0.3, -0.25) is 4.79 Å². The Kier molecular flexibility index (Phi) is 3.33. The molecule has 2 aliphatic carbocycles. The van der Waals surface area contributed by atoms with E-state index in [0.717, 1.165) is 25.2 Å². The smallest absolute Gasteiger partial charge is 0.341 e. The predicted octanol–water partition coefficient (Wildman–Crippen LogP) is 3.03. The van der Waals surface area contributed by atoms with Gasteiger partial charge in [0.1, 0.15) is 5.56 Å². The molecule has 2 aliphatic rings. The van der Waals surface area contributed by atoms with Gasteiger partial charge in [0.15, 0.2) is 0 Å². The Bertz CT molecular complexity index is 833. The van der Waals surface area contributed by atoms with Gasteiger partial charge in [-0.05, 0) is 66.8 Å². The Balaban J connectivity index is 1.76. The number of pyridine rings is 1. The van der Waals surface area contributed by atoms with Crippen LogP contribution in [0.4, 0.5) is 0 Å². The molecule has 0 aliphatic heterocycles. The Hall–Kier alpha value is -2.36. The number of fused-ring (bicyclic) bond motifs is 1. The van der Waals surface area contributed by atoms with Crippen LogP contribution in [-0.2, 0) is 12.8 Å². The summed E-state index contributed by atoms with van der Waals surface area (Å²) in [6.45, 7) is 0. The van der Waals surface area contributed by atoms with E-state index in [1.165, 1.54) is 35.6 Å². The van der Waals surface area contributed by atoms with Crippen molar-refractivity contribution >= 4 is 5.97 Å². The van der Waals surface area contributed by atoms with Gasteiger partial charge in [-0.2, -0.15) is 0 Å². The molecule has 118 valence electrons. The van der Waals surface area contributed by atoms with Crippen LogP contribution in [0.1, 0.15) is 52.4 Å². The molecule has 0 spiro atoms. The first-order chi connectivity index (χ1) is 11.1. The van der Waals surface area contributed by atoms with Crippen molar-refractivity contribution in [1.29, 1.82) is 0 Å². The van der Waals surface area contributed by atoms with E-state index in [1.54, 1.807) is 16.8 Å². The van der Waals surface area contributed by atoms with E-state index in [-0.39, 0.29) is 11.6 Å². The van der Waals surface area contributed by atoms with E-state index >= 15 is 0 Å². The van der Waals surface area contributed by atoms with E-state index < -0.39 is 11.5 Å². The minimum Gasteiger partial charge on any atom is -0.477 e.